The summed E-state index contributed by atoms with van der Waals surface area (Å²) < 4.78 is 30.8. The number of aliphatic hydroxyl groups is 1. The first-order valence-corrected chi connectivity index (χ1v) is 9.21. The third-order valence-corrected chi connectivity index (χ3v) is 5.25. The zero-order valence-electron chi connectivity index (χ0n) is 14.2. The van der Waals surface area contributed by atoms with Crippen molar-refractivity contribution in [2.75, 3.05) is 6.61 Å². The quantitative estimate of drug-likeness (QED) is 0.391. The van der Waals surface area contributed by atoms with E-state index in [0.717, 1.165) is 0 Å². The highest BCUT2D eigenvalue weighted by Gasteiger charge is 2.30. The molecule has 27 heavy (non-hydrogen) atoms. The SMILES string of the molecule is C[C@@H](c1cc(Cl)ccc1[N+](=O)[O-])[C@@H](CCO)c1c(Br)cccc1OC(F)F. The predicted molar refractivity (Wildman–Crippen MR) is 102 cm³/mol. The molecule has 0 unspecified atom stereocenters. The van der Waals surface area contributed by atoms with Gasteiger partial charge in [-0.1, -0.05) is 40.5 Å². The molecule has 0 saturated carbocycles. The average Bonchev–Trinajstić information content (AvgIpc) is 2.59. The highest BCUT2D eigenvalue weighted by atomic mass is 79.9. The third-order valence-electron chi connectivity index (χ3n) is 4.32. The summed E-state index contributed by atoms with van der Waals surface area (Å²) in [4.78, 5) is 10.9. The van der Waals surface area contributed by atoms with Crippen LogP contribution in [0.3, 0.4) is 0 Å². The number of nitro benzene ring substituents is 1. The van der Waals surface area contributed by atoms with E-state index in [0.29, 0.717) is 20.6 Å². The molecule has 2 aromatic carbocycles. The largest absolute Gasteiger partial charge is 0.434 e. The third kappa shape index (κ3) is 5.15. The van der Waals surface area contributed by atoms with Gasteiger partial charge in [0.25, 0.3) is 5.69 Å². The van der Waals surface area contributed by atoms with E-state index in [4.69, 9.17) is 11.6 Å². The maximum atomic E-state index is 12.8. The molecule has 0 aliphatic rings. The number of aliphatic hydroxyl groups excluding tert-OH is 1. The summed E-state index contributed by atoms with van der Waals surface area (Å²) in [6.45, 7) is -1.53. The molecular weight excluding hydrogens is 448 g/mol. The molecule has 1 N–H and O–H groups in total. The fraction of sp³-hybridized carbons (Fsp3) is 0.333. The van der Waals surface area contributed by atoms with Gasteiger partial charge in [-0.25, -0.2) is 0 Å². The van der Waals surface area contributed by atoms with Crippen LogP contribution < -0.4 is 4.74 Å². The molecule has 5 nitrogen and oxygen atoms in total. The van der Waals surface area contributed by atoms with Crippen LogP contribution in [0.5, 0.6) is 5.75 Å². The van der Waals surface area contributed by atoms with E-state index in [-0.39, 0.29) is 24.5 Å². The monoisotopic (exact) mass is 463 g/mol. The first kappa shape index (κ1) is 21.5. The second-order valence-corrected chi connectivity index (χ2v) is 7.19. The summed E-state index contributed by atoms with van der Waals surface area (Å²) in [7, 11) is 0. The fourth-order valence-electron chi connectivity index (χ4n) is 3.13. The van der Waals surface area contributed by atoms with Gasteiger partial charge in [-0.05, 0) is 42.5 Å². The fourth-order valence-corrected chi connectivity index (χ4v) is 3.95. The minimum atomic E-state index is -3.02. The molecule has 0 bridgehead atoms. The second kappa shape index (κ2) is 9.43. The number of hydrogen-bond donors (Lipinski definition) is 1. The summed E-state index contributed by atoms with van der Waals surface area (Å²) in [6.07, 6.45) is 0.188. The van der Waals surface area contributed by atoms with Gasteiger partial charge in [0.1, 0.15) is 5.75 Å². The molecule has 2 rings (SSSR count). The number of nitrogens with zero attached hydrogens (tertiary/aromatic N) is 1. The van der Waals surface area contributed by atoms with Crippen molar-refractivity contribution in [2.45, 2.75) is 31.8 Å². The van der Waals surface area contributed by atoms with Crippen molar-refractivity contribution < 1.29 is 23.5 Å². The summed E-state index contributed by atoms with van der Waals surface area (Å²) in [5.41, 5.74) is 0.636. The number of hydrogen-bond acceptors (Lipinski definition) is 4. The Morgan fingerprint density at radius 2 is 2.04 bits per heavy atom. The van der Waals surface area contributed by atoms with Crippen LogP contribution in [-0.4, -0.2) is 23.2 Å². The Hall–Kier alpha value is -1.77. The normalized spacial score (nSPS) is 13.4. The van der Waals surface area contributed by atoms with Crippen LogP contribution in [0.15, 0.2) is 40.9 Å². The lowest BCUT2D eigenvalue weighted by Crippen LogP contribution is -2.15. The number of ether oxygens (including phenoxy) is 1. The maximum absolute atomic E-state index is 12.8. The molecule has 0 radical (unpaired) electrons. The lowest BCUT2D eigenvalue weighted by Gasteiger charge is -2.27. The van der Waals surface area contributed by atoms with Gasteiger partial charge in [-0.15, -0.1) is 0 Å². The van der Waals surface area contributed by atoms with Crippen LogP contribution in [0.2, 0.25) is 5.02 Å². The van der Waals surface area contributed by atoms with Crippen molar-refractivity contribution >= 4 is 33.2 Å². The Morgan fingerprint density at radius 3 is 2.63 bits per heavy atom. The van der Waals surface area contributed by atoms with Gasteiger partial charge < -0.3 is 9.84 Å². The van der Waals surface area contributed by atoms with Crippen molar-refractivity contribution in [1.82, 2.24) is 0 Å². The van der Waals surface area contributed by atoms with Crippen molar-refractivity contribution in [1.29, 1.82) is 0 Å². The number of nitro groups is 1. The Bertz CT molecular complexity index is 822. The summed E-state index contributed by atoms with van der Waals surface area (Å²) in [5, 5.41) is 21.3. The van der Waals surface area contributed by atoms with Crippen LogP contribution in [0, 0.1) is 10.1 Å². The van der Waals surface area contributed by atoms with Crippen molar-refractivity contribution in [3.63, 3.8) is 0 Å². The molecule has 146 valence electrons. The Morgan fingerprint density at radius 1 is 1.33 bits per heavy atom. The number of halogens is 4. The molecule has 0 aliphatic carbocycles. The topological polar surface area (TPSA) is 72.6 Å². The van der Waals surface area contributed by atoms with Crippen LogP contribution in [0.4, 0.5) is 14.5 Å². The highest BCUT2D eigenvalue weighted by Crippen LogP contribution is 2.45. The van der Waals surface area contributed by atoms with E-state index in [1.54, 1.807) is 19.1 Å². The molecule has 0 heterocycles. The molecule has 2 atom stereocenters. The molecule has 0 aromatic heterocycles. The van der Waals surface area contributed by atoms with Crippen LogP contribution in [0.25, 0.3) is 0 Å². The molecule has 0 amide bonds. The van der Waals surface area contributed by atoms with E-state index < -0.39 is 23.4 Å². The Kier molecular flexibility index (Phi) is 7.52. The van der Waals surface area contributed by atoms with E-state index >= 15 is 0 Å². The zero-order chi connectivity index (χ0) is 20.1. The maximum Gasteiger partial charge on any atom is 0.387 e. The van der Waals surface area contributed by atoms with Gasteiger partial charge in [0, 0.05) is 33.3 Å². The van der Waals surface area contributed by atoms with Crippen molar-refractivity contribution in [3.8, 4) is 5.75 Å². The molecule has 0 aliphatic heterocycles. The Labute approximate surface area is 168 Å². The zero-order valence-corrected chi connectivity index (χ0v) is 16.6. The summed E-state index contributed by atoms with van der Waals surface area (Å²) in [5.74, 6) is -1.08. The minimum Gasteiger partial charge on any atom is -0.434 e. The predicted octanol–water partition coefficient (Wildman–Crippen LogP) is 5.88. The summed E-state index contributed by atoms with van der Waals surface area (Å²) in [6, 6.07) is 8.82. The first-order valence-electron chi connectivity index (χ1n) is 8.04. The lowest BCUT2D eigenvalue weighted by atomic mass is 9.80. The molecule has 2 aromatic rings. The van der Waals surface area contributed by atoms with Gasteiger partial charge >= 0.3 is 6.61 Å². The molecule has 9 heteroatoms. The van der Waals surface area contributed by atoms with Gasteiger partial charge in [0.05, 0.1) is 4.92 Å². The second-order valence-electron chi connectivity index (χ2n) is 5.90. The van der Waals surface area contributed by atoms with Crippen molar-refractivity contribution in [3.05, 3.63) is 67.1 Å². The average molecular weight is 465 g/mol. The van der Waals surface area contributed by atoms with Crippen LogP contribution >= 0.6 is 27.5 Å². The minimum absolute atomic E-state index is 0.0469. The van der Waals surface area contributed by atoms with Crippen molar-refractivity contribution in [2.24, 2.45) is 0 Å². The number of alkyl halides is 2. The van der Waals surface area contributed by atoms with Gasteiger partial charge in [0.2, 0.25) is 0 Å². The molecule has 0 fully saturated rings. The number of rotatable bonds is 8. The number of benzene rings is 2. The first-order chi connectivity index (χ1) is 12.8. The van der Waals surface area contributed by atoms with E-state index in [1.165, 1.54) is 24.3 Å². The van der Waals surface area contributed by atoms with Crippen LogP contribution in [0.1, 0.15) is 36.3 Å². The summed E-state index contributed by atoms with van der Waals surface area (Å²) >= 11 is 9.36. The Balaban J connectivity index is 2.60. The van der Waals surface area contributed by atoms with E-state index in [9.17, 15) is 24.0 Å². The van der Waals surface area contributed by atoms with Gasteiger partial charge in [-0.2, -0.15) is 8.78 Å². The van der Waals surface area contributed by atoms with Gasteiger partial charge in [-0.3, -0.25) is 10.1 Å². The van der Waals surface area contributed by atoms with E-state index in [2.05, 4.69) is 20.7 Å². The van der Waals surface area contributed by atoms with E-state index in [1.807, 2.05) is 0 Å². The standard InChI is InChI=1S/C18H17BrClF2NO4/c1-10(13-9-11(20)5-6-15(13)23(25)26)12(7-8-24)17-14(19)3-2-4-16(17)27-18(21)22/h2-6,9-10,12,18,24H,7-8H2,1H3/t10-,12-/m1/s1. The van der Waals surface area contributed by atoms with Gasteiger partial charge in [0.15, 0.2) is 0 Å². The van der Waals surface area contributed by atoms with Crippen LogP contribution in [-0.2, 0) is 0 Å². The lowest BCUT2D eigenvalue weighted by molar-refractivity contribution is -0.385. The molecular formula is C18H17BrClF2NO4. The smallest absolute Gasteiger partial charge is 0.387 e. The highest BCUT2D eigenvalue weighted by molar-refractivity contribution is 9.10. The molecule has 0 saturated heterocycles. The molecule has 0 spiro atoms.